The van der Waals surface area contributed by atoms with Gasteiger partial charge in [0, 0.05) is 24.1 Å². The largest absolute Gasteiger partial charge is 0.510 e. The number of hydrogen-bond donors (Lipinski definition) is 5. The average molecular weight is 566 g/mol. The van der Waals surface area contributed by atoms with Crippen LogP contribution in [0, 0.1) is 11.8 Å². The first-order valence-corrected chi connectivity index (χ1v) is 12.9. The minimum Gasteiger partial charge on any atom is -0.510 e. The van der Waals surface area contributed by atoms with E-state index in [9.17, 15) is 48.0 Å². The first-order chi connectivity index (χ1) is 18.6. The van der Waals surface area contributed by atoms with Gasteiger partial charge in [-0.15, -0.1) is 0 Å². The standard InChI is InChI=1S/C27H30F3N3O7/c1-4-32(2)20-13-8-10-7-12-17(15(34)9-11(14-5-6-33(14)3)19(12)27(28,29)30)21(35)16(10)23(37)26(13,40)24(38)18(22(20)36)25(31)39/h9-10,13-14,20,34,36-37,40H,4-8H2,1-3H3,(H2,31,39)/t10-,13-,14?,20-,26-/m0/s1. The van der Waals surface area contributed by atoms with Crippen LogP contribution in [0.15, 0.2) is 28.7 Å². The van der Waals surface area contributed by atoms with E-state index in [0.29, 0.717) is 13.0 Å². The Hall–Kier alpha value is -3.42. The van der Waals surface area contributed by atoms with Crippen LogP contribution in [0.5, 0.6) is 5.75 Å². The van der Waals surface area contributed by atoms with Crippen LogP contribution in [0.3, 0.4) is 0 Å². The van der Waals surface area contributed by atoms with E-state index in [1.807, 2.05) is 0 Å². The number of aliphatic hydroxyl groups is 3. The maximum absolute atomic E-state index is 14.6. The van der Waals surface area contributed by atoms with E-state index >= 15 is 0 Å². The number of hydrogen-bond acceptors (Lipinski definition) is 9. The highest BCUT2D eigenvalue weighted by molar-refractivity contribution is 6.24. The fraction of sp³-hybridized carbons (Fsp3) is 0.519. The number of likely N-dealkylation sites (tertiary alicyclic amines) is 1. The normalized spacial score (nSPS) is 30.7. The highest BCUT2D eigenvalue weighted by Crippen LogP contribution is 2.55. The maximum Gasteiger partial charge on any atom is 0.417 e. The maximum atomic E-state index is 14.6. The van der Waals surface area contributed by atoms with Gasteiger partial charge in [-0.1, -0.05) is 6.92 Å². The number of carbonyl (C=O) groups is 3. The number of likely N-dealkylation sites (N-methyl/N-ethyl adjacent to an activating group) is 1. The molecule has 0 saturated carbocycles. The third-order valence-electron chi connectivity index (χ3n) is 9.10. The first-order valence-electron chi connectivity index (χ1n) is 12.9. The van der Waals surface area contributed by atoms with Crippen molar-refractivity contribution in [3.05, 3.63) is 51.0 Å². The second-order valence-electron chi connectivity index (χ2n) is 11.1. The zero-order valence-corrected chi connectivity index (χ0v) is 22.0. The van der Waals surface area contributed by atoms with Crippen molar-refractivity contribution in [1.82, 2.24) is 9.80 Å². The molecule has 1 heterocycles. The number of alkyl halides is 3. The van der Waals surface area contributed by atoms with Crippen molar-refractivity contribution in [2.24, 2.45) is 17.6 Å². The summed E-state index contributed by atoms with van der Waals surface area (Å²) in [5.41, 5.74) is -1.23. The van der Waals surface area contributed by atoms with Gasteiger partial charge >= 0.3 is 6.18 Å². The Kier molecular flexibility index (Phi) is 6.36. The van der Waals surface area contributed by atoms with Gasteiger partial charge in [-0.05, 0) is 63.0 Å². The number of aromatic hydroxyl groups is 1. The predicted molar refractivity (Wildman–Crippen MR) is 133 cm³/mol. The van der Waals surface area contributed by atoms with Gasteiger partial charge in [-0.25, -0.2) is 0 Å². The van der Waals surface area contributed by atoms with Crippen LogP contribution in [0.25, 0.3) is 0 Å². The summed E-state index contributed by atoms with van der Waals surface area (Å²) in [5, 5.41) is 44.8. The van der Waals surface area contributed by atoms with E-state index in [4.69, 9.17) is 5.73 Å². The zero-order valence-electron chi connectivity index (χ0n) is 22.0. The number of nitrogens with two attached hydrogens (primary N) is 1. The molecule has 3 aliphatic carbocycles. The van der Waals surface area contributed by atoms with Gasteiger partial charge in [0.05, 0.1) is 17.2 Å². The minimum absolute atomic E-state index is 0.155. The lowest BCUT2D eigenvalue weighted by Gasteiger charge is -2.50. The molecule has 4 aliphatic rings. The van der Waals surface area contributed by atoms with E-state index in [2.05, 4.69) is 0 Å². The van der Waals surface area contributed by atoms with Crippen molar-refractivity contribution in [2.75, 3.05) is 27.2 Å². The third kappa shape index (κ3) is 3.63. The average Bonchev–Trinajstić information content (AvgIpc) is 2.83. The molecule has 13 heteroatoms. The van der Waals surface area contributed by atoms with Crippen LogP contribution >= 0.6 is 0 Å². The van der Waals surface area contributed by atoms with Crippen LogP contribution in [0.2, 0.25) is 0 Å². The van der Waals surface area contributed by atoms with Crippen molar-refractivity contribution < 1.29 is 48.0 Å². The lowest BCUT2D eigenvalue weighted by molar-refractivity contribution is -0.148. The van der Waals surface area contributed by atoms with E-state index in [0.717, 1.165) is 6.07 Å². The van der Waals surface area contributed by atoms with Crippen molar-refractivity contribution in [3.63, 3.8) is 0 Å². The van der Waals surface area contributed by atoms with Crippen LogP contribution in [0.1, 0.15) is 52.9 Å². The van der Waals surface area contributed by atoms with Crippen LogP contribution in [0.4, 0.5) is 13.2 Å². The number of halogens is 3. The molecule has 1 aromatic rings. The van der Waals surface area contributed by atoms with Crippen LogP contribution in [-0.4, -0.2) is 86.5 Å². The number of ketones is 2. The molecular weight excluding hydrogens is 535 g/mol. The van der Waals surface area contributed by atoms with E-state index in [1.54, 1.807) is 18.9 Å². The van der Waals surface area contributed by atoms with Gasteiger partial charge in [-0.3, -0.25) is 24.2 Å². The summed E-state index contributed by atoms with van der Waals surface area (Å²) in [4.78, 5) is 42.4. The Morgan fingerprint density at radius 2 is 1.90 bits per heavy atom. The smallest absolute Gasteiger partial charge is 0.417 e. The number of benzene rings is 1. The molecule has 1 aromatic carbocycles. The molecule has 216 valence electrons. The van der Waals surface area contributed by atoms with Gasteiger partial charge in [-0.2, -0.15) is 13.2 Å². The van der Waals surface area contributed by atoms with Crippen molar-refractivity contribution >= 4 is 17.5 Å². The second kappa shape index (κ2) is 9.05. The van der Waals surface area contributed by atoms with E-state index in [-0.39, 0.29) is 18.5 Å². The molecule has 0 spiro atoms. The summed E-state index contributed by atoms with van der Waals surface area (Å²) in [6.45, 7) is 2.50. The molecule has 1 unspecified atom stereocenters. The van der Waals surface area contributed by atoms with Crippen molar-refractivity contribution in [2.45, 2.75) is 50.0 Å². The SMILES string of the molecule is CCN(C)[C@@H]1C(O)=C(C(N)=O)C(=O)[C@@]2(O)C(O)=C3C(=O)c4c(O)cc(C5CCN5C)c(C(F)(F)F)c4C[C@H]3C[C@@H]12. The molecule has 10 nitrogen and oxygen atoms in total. The molecule has 1 saturated heterocycles. The van der Waals surface area contributed by atoms with Crippen LogP contribution in [-0.2, 0) is 22.2 Å². The van der Waals surface area contributed by atoms with Crippen molar-refractivity contribution in [1.29, 1.82) is 0 Å². The Bertz CT molecular complexity index is 1420. The van der Waals surface area contributed by atoms with Gasteiger partial charge < -0.3 is 26.2 Å². The number of phenols is 1. The molecule has 0 bridgehead atoms. The van der Waals surface area contributed by atoms with Gasteiger partial charge in [0.15, 0.2) is 11.4 Å². The molecule has 1 fully saturated rings. The highest BCUT2D eigenvalue weighted by atomic mass is 19.4. The van der Waals surface area contributed by atoms with E-state index < -0.39 is 105 Å². The minimum atomic E-state index is -4.87. The summed E-state index contributed by atoms with van der Waals surface area (Å²) in [6.07, 6.45) is -5.16. The Morgan fingerprint density at radius 3 is 2.40 bits per heavy atom. The second-order valence-corrected chi connectivity index (χ2v) is 11.1. The molecular formula is C27H30F3N3O7. The molecule has 5 atom stereocenters. The van der Waals surface area contributed by atoms with E-state index in [1.165, 1.54) is 11.9 Å². The summed E-state index contributed by atoms with van der Waals surface area (Å²) < 4.78 is 43.7. The fourth-order valence-corrected chi connectivity index (χ4v) is 6.97. The first kappa shape index (κ1) is 28.1. The highest BCUT2D eigenvalue weighted by Gasteiger charge is 2.63. The Morgan fingerprint density at radius 1 is 1.25 bits per heavy atom. The Balaban J connectivity index is 1.75. The third-order valence-corrected chi connectivity index (χ3v) is 9.10. The number of fused-ring (bicyclic) bond motifs is 3. The number of Topliss-reactive ketones (excluding diaryl/α,β-unsaturated/α-hetero) is 2. The lowest BCUT2D eigenvalue weighted by atomic mass is 9.58. The van der Waals surface area contributed by atoms with Gasteiger partial charge in [0.2, 0.25) is 5.78 Å². The molecule has 6 N–H and O–H groups in total. The summed E-state index contributed by atoms with van der Waals surface area (Å²) >= 11 is 0. The molecule has 5 rings (SSSR count). The molecule has 0 radical (unpaired) electrons. The number of phenolic OH excluding ortho intramolecular Hbond substituents is 1. The molecule has 0 aromatic heterocycles. The van der Waals surface area contributed by atoms with Gasteiger partial charge in [0.25, 0.3) is 5.91 Å². The number of aliphatic hydroxyl groups excluding tert-OH is 2. The molecule has 1 amide bonds. The van der Waals surface area contributed by atoms with Gasteiger partial charge in [0.1, 0.15) is 22.8 Å². The molecule has 1 aliphatic heterocycles. The summed E-state index contributed by atoms with van der Waals surface area (Å²) in [7, 11) is 3.18. The number of allylic oxidation sites excluding steroid dienone is 1. The quantitative estimate of drug-likeness (QED) is 0.343. The topological polar surface area (TPSA) is 165 Å². The predicted octanol–water partition coefficient (Wildman–Crippen LogP) is 1.91. The number of primary amides is 1. The number of amides is 1. The number of nitrogens with zero attached hydrogens (tertiary/aromatic N) is 2. The summed E-state index contributed by atoms with van der Waals surface area (Å²) in [6, 6.07) is -0.916. The monoisotopic (exact) mass is 565 g/mol. The van der Waals surface area contributed by atoms with Crippen LogP contribution < -0.4 is 5.73 Å². The summed E-state index contributed by atoms with van der Waals surface area (Å²) in [5.74, 6) is -8.89. The lowest BCUT2D eigenvalue weighted by Crippen LogP contribution is -2.64. The fourth-order valence-electron chi connectivity index (χ4n) is 6.97. The number of rotatable bonds is 4. The molecule has 40 heavy (non-hydrogen) atoms. The Labute approximate surface area is 227 Å². The zero-order chi connectivity index (χ0) is 29.6. The van der Waals surface area contributed by atoms with Crippen molar-refractivity contribution in [3.8, 4) is 5.75 Å². The number of carbonyl (C=O) groups excluding carboxylic acids is 3.